The lowest BCUT2D eigenvalue weighted by atomic mass is 9.94. The second-order valence-electron chi connectivity index (χ2n) is 5.08. The van der Waals surface area contributed by atoms with Gasteiger partial charge in [0.25, 0.3) is 5.69 Å². The van der Waals surface area contributed by atoms with E-state index in [0.29, 0.717) is 17.8 Å². The maximum absolute atomic E-state index is 11.2. The fraction of sp³-hybridized carbons (Fsp3) is 0.500. The lowest BCUT2D eigenvalue weighted by Crippen LogP contribution is -2.36. The fourth-order valence-electron chi connectivity index (χ4n) is 2.74. The van der Waals surface area contributed by atoms with Crippen molar-refractivity contribution >= 4 is 17.7 Å². The number of carbonyl (C=O) groups is 1. The zero-order valence-electron chi connectivity index (χ0n) is 11.2. The molecule has 0 bridgehead atoms. The summed E-state index contributed by atoms with van der Waals surface area (Å²) >= 11 is 0. The number of benzene rings is 1. The van der Waals surface area contributed by atoms with Gasteiger partial charge in [-0.15, -0.1) is 0 Å². The van der Waals surface area contributed by atoms with Crippen molar-refractivity contribution in [3.63, 3.8) is 0 Å². The summed E-state index contributed by atoms with van der Waals surface area (Å²) in [5, 5.41) is 19.8. The predicted molar refractivity (Wildman–Crippen MR) is 75.1 cm³/mol. The van der Waals surface area contributed by atoms with Crippen molar-refractivity contribution in [2.45, 2.75) is 19.3 Å². The van der Waals surface area contributed by atoms with E-state index >= 15 is 0 Å². The van der Waals surface area contributed by atoms with Gasteiger partial charge in [-0.2, -0.15) is 0 Å². The van der Waals surface area contributed by atoms with Crippen LogP contribution in [0.4, 0.5) is 11.4 Å². The van der Waals surface area contributed by atoms with Crippen molar-refractivity contribution in [1.82, 2.24) is 0 Å². The molecule has 1 aromatic rings. The molecule has 1 saturated heterocycles. The fourth-order valence-corrected chi connectivity index (χ4v) is 2.74. The molecule has 20 heavy (non-hydrogen) atoms. The highest BCUT2D eigenvalue weighted by Crippen LogP contribution is 2.29. The largest absolute Gasteiger partial charge is 0.396 e. The summed E-state index contributed by atoms with van der Waals surface area (Å²) in [6, 6.07) is 4.39. The van der Waals surface area contributed by atoms with E-state index in [9.17, 15) is 14.9 Å². The van der Waals surface area contributed by atoms with Crippen molar-refractivity contribution in [3.8, 4) is 0 Å². The van der Waals surface area contributed by atoms with Crippen LogP contribution in [0.5, 0.6) is 0 Å². The molecule has 6 nitrogen and oxygen atoms in total. The Hall–Kier alpha value is -1.95. The molecule has 0 amide bonds. The smallest absolute Gasteiger partial charge is 0.270 e. The Kier molecular flexibility index (Phi) is 4.68. The van der Waals surface area contributed by atoms with Gasteiger partial charge in [0.2, 0.25) is 0 Å². The van der Waals surface area contributed by atoms with Gasteiger partial charge in [0.05, 0.1) is 4.92 Å². The van der Waals surface area contributed by atoms with Crippen molar-refractivity contribution in [1.29, 1.82) is 0 Å². The summed E-state index contributed by atoms with van der Waals surface area (Å²) in [6.45, 7) is 1.78. The third-order valence-corrected chi connectivity index (χ3v) is 3.75. The average molecular weight is 278 g/mol. The topological polar surface area (TPSA) is 83.7 Å². The van der Waals surface area contributed by atoms with E-state index in [1.165, 1.54) is 12.1 Å². The predicted octanol–water partition coefficient (Wildman–Crippen LogP) is 2.01. The van der Waals surface area contributed by atoms with Gasteiger partial charge in [-0.3, -0.25) is 14.9 Å². The first-order valence-corrected chi connectivity index (χ1v) is 6.75. The van der Waals surface area contributed by atoms with E-state index in [1.807, 2.05) is 0 Å². The second kappa shape index (κ2) is 6.47. The van der Waals surface area contributed by atoms with Crippen LogP contribution in [0.25, 0.3) is 0 Å². The van der Waals surface area contributed by atoms with Crippen LogP contribution in [0, 0.1) is 16.0 Å². The quantitative estimate of drug-likeness (QED) is 0.506. The molecule has 0 spiro atoms. The Morgan fingerprint density at radius 3 is 2.95 bits per heavy atom. The molecule has 108 valence electrons. The summed E-state index contributed by atoms with van der Waals surface area (Å²) in [6.07, 6.45) is 3.48. The summed E-state index contributed by atoms with van der Waals surface area (Å²) in [7, 11) is 0. The summed E-state index contributed by atoms with van der Waals surface area (Å²) in [5.74, 6) is 0.406. The maximum Gasteiger partial charge on any atom is 0.270 e. The molecular weight excluding hydrogens is 260 g/mol. The van der Waals surface area contributed by atoms with Gasteiger partial charge in [-0.1, -0.05) is 0 Å². The van der Waals surface area contributed by atoms with E-state index in [2.05, 4.69) is 4.90 Å². The van der Waals surface area contributed by atoms with Gasteiger partial charge in [0, 0.05) is 43.1 Å². The monoisotopic (exact) mass is 278 g/mol. The van der Waals surface area contributed by atoms with Crippen molar-refractivity contribution in [3.05, 3.63) is 33.9 Å². The van der Waals surface area contributed by atoms with Crippen LogP contribution in [0.3, 0.4) is 0 Å². The Morgan fingerprint density at radius 1 is 1.50 bits per heavy atom. The first-order valence-electron chi connectivity index (χ1n) is 6.75. The average Bonchev–Trinajstić information content (AvgIpc) is 2.47. The first kappa shape index (κ1) is 14.5. The number of aliphatic hydroxyl groups excluding tert-OH is 1. The number of hydrogen-bond donors (Lipinski definition) is 1. The number of piperidine rings is 1. The highest BCUT2D eigenvalue weighted by Gasteiger charge is 2.22. The van der Waals surface area contributed by atoms with Crippen molar-refractivity contribution in [2.24, 2.45) is 5.92 Å². The first-order chi connectivity index (χ1) is 9.65. The molecule has 0 radical (unpaired) electrons. The summed E-state index contributed by atoms with van der Waals surface area (Å²) < 4.78 is 0. The molecule has 0 saturated carbocycles. The Bertz CT molecular complexity index is 502. The van der Waals surface area contributed by atoms with E-state index in [4.69, 9.17) is 5.11 Å². The lowest BCUT2D eigenvalue weighted by Gasteiger charge is -2.34. The molecule has 1 atom stereocenters. The second-order valence-corrected chi connectivity index (χ2v) is 5.08. The molecule has 1 fully saturated rings. The molecule has 1 aliphatic heterocycles. The van der Waals surface area contributed by atoms with Gasteiger partial charge >= 0.3 is 0 Å². The zero-order valence-corrected chi connectivity index (χ0v) is 11.2. The van der Waals surface area contributed by atoms with Gasteiger partial charge in [-0.25, -0.2) is 0 Å². The number of rotatable bonds is 5. The molecule has 1 N–H and O–H groups in total. The number of non-ortho nitro benzene ring substituents is 1. The van der Waals surface area contributed by atoms with E-state index < -0.39 is 4.92 Å². The number of hydrogen-bond acceptors (Lipinski definition) is 5. The maximum atomic E-state index is 11.2. The van der Waals surface area contributed by atoms with Crippen LogP contribution < -0.4 is 4.90 Å². The molecule has 2 rings (SSSR count). The van der Waals surface area contributed by atoms with Gasteiger partial charge in [-0.05, 0) is 31.2 Å². The van der Waals surface area contributed by atoms with Gasteiger partial charge < -0.3 is 10.0 Å². The number of aliphatic hydroxyl groups is 1. The molecular formula is C14H18N2O4. The molecule has 1 heterocycles. The lowest BCUT2D eigenvalue weighted by molar-refractivity contribution is -0.384. The van der Waals surface area contributed by atoms with Crippen LogP contribution in [0.15, 0.2) is 18.2 Å². The summed E-state index contributed by atoms with van der Waals surface area (Å²) in [5.41, 5.74) is 1.02. The number of anilines is 1. The molecule has 0 aromatic heterocycles. The molecule has 1 aromatic carbocycles. The number of nitro groups is 1. The highest BCUT2D eigenvalue weighted by atomic mass is 16.6. The van der Waals surface area contributed by atoms with Crippen LogP contribution in [0.2, 0.25) is 0 Å². The number of carbonyl (C=O) groups excluding carboxylic acids is 1. The number of aldehydes is 1. The third-order valence-electron chi connectivity index (χ3n) is 3.75. The number of nitrogens with zero attached hydrogens (tertiary/aromatic N) is 2. The van der Waals surface area contributed by atoms with Crippen LogP contribution >= 0.6 is 0 Å². The minimum atomic E-state index is -0.498. The van der Waals surface area contributed by atoms with Crippen LogP contribution in [-0.2, 0) is 0 Å². The standard InChI is InChI=1S/C14H18N2O4/c17-7-5-11-2-1-6-15(9-11)14-4-3-13(16(19)20)8-12(14)10-18/h3-4,8,10-11,17H,1-2,5-7,9H2. The Morgan fingerprint density at radius 2 is 2.30 bits per heavy atom. The van der Waals surface area contributed by atoms with E-state index in [1.54, 1.807) is 6.07 Å². The van der Waals surface area contributed by atoms with E-state index in [0.717, 1.165) is 38.0 Å². The molecule has 6 heteroatoms. The highest BCUT2D eigenvalue weighted by molar-refractivity contribution is 5.86. The molecule has 1 unspecified atom stereocenters. The molecule has 0 aliphatic carbocycles. The van der Waals surface area contributed by atoms with Gasteiger partial charge in [0.1, 0.15) is 0 Å². The normalized spacial score (nSPS) is 18.9. The van der Waals surface area contributed by atoms with Crippen LogP contribution in [0.1, 0.15) is 29.6 Å². The minimum Gasteiger partial charge on any atom is -0.396 e. The van der Waals surface area contributed by atoms with Crippen LogP contribution in [-0.4, -0.2) is 36.0 Å². The van der Waals surface area contributed by atoms with Crippen molar-refractivity contribution in [2.75, 3.05) is 24.6 Å². The van der Waals surface area contributed by atoms with Gasteiger partial charge in [0.15, 0.2) is 6.29 Å². The molecule has 1 aliphatic rings. The summed E-state index contributed by atoms with van der Waals surface area (Å²) in [4.78, 5) is 23.5. The third kappa shape index (κ3) is 3.14. The Balaban J connectivity index is 2.23. The Labute approximate surface area is 117 Å². The zero-order chi connectivity index (χ0) is 14.5. The minimum absolute atomic E-state index is 0.0697. The SMILES string of the molecule is O=Cc1cc([N+](=O)[O-])ccc1N1CCCC(CCO)C1. The van der Waals surface area contributed by atoms with E-state index in [-0.39, 0.29) is 12.3 Å². The van der Waals surface area contributed by atoms with Crippen molar-refractivity contribution < 1.29 is 14.8 Å². The number of nitro benzene ring substituents is 1.